The van der Waals surface area contributed by atoms with Crippen LogP contribution in [-0.2, 0) is 0 Å². The van der Waals surface area contributed by atoms with Crippen molar-refractivity contribution in [3.8, 4) is 137 Å². The molecule has 99 heavy (non-hydrogen) atoms. The van der Waals surface area contributed by atoms with Gasteiger partial charge in [-0.1, -0.05) is 71.9 Å². The summed E-state index contributed by atoms with van der Waals surface area (Å²) in [5, 5.41) is 0. The van der Waals surface area contributed by atoms with E-state index < -0.39 is 0 Å². The highest BCUT2D eigenvalue weighted by molar-refractivity contribution is 5.85. The summed E-state index contributed by atoms with van der Waals surface area (Å²) in [4.78, 5) is 43.7. The van der Waals surface area contributed by atoms with Crippen molar-refractivity contribution in [1.29, 1.82) is 0 Å². The number of aromatic nitrogens is 9. The minimum Gasteiger partial charge on any atom is -0.255 e. The smallest absolute Gasteiger partial charge is 0.0900 e. The third-order valence-corrected chi connectivity index (χ3v) is 20.0. The number of benzene rings is 4. The average molecular weight is 1280 g/mol. The first-order valence-corrected chi connectivity index (χ1v) is 33.4. The zero-order valence-electron chi connectivity index (χ0n) is 58.8. The Morgan fingerprint density at radius 1 is 0.182 bits per heavy atom. The van der Waals surface area contributed by atoms with Crippen LogP contribution >= 0.6 is 0 Å². The van der Waals surface area contributed by atoms with Crippen LogP contribution in [0, 0.1) is 139 Å². The summed E-state index contributed by atoms with van der Waals surface area (Å²) in [7, 11) is 0. The Bertz CT molecular complexity index is 4740. The highest BCUT2D eigenvalue weighted by Crippen LogP contribution is 2.42. The molecule has 480 valence electrons. The molecule has 0 fully saturated rings. The second-order valence-corrected chi connectivity index (χ2v) is 25.7. The first-order chi connectivity index (χ1) is 47.9. The van der Waals surface area contributed by atoms with E-state index in [0.29, 0.717) is 0 Å². The Hall–Kier alpha value is -12.1. The molecule has 13 aromatic rings. The lowest BCUT2D eigenvalue weighted by molar-refractivity contribution is 1.20. The standard InChI is InChI=1S/C90H75N9/c1-52-58(7)88(67-46-82(76-28-16-22-40-91-76)97-83(47-67)77-29-17-23-41-92-77)59(8)53(2)70(52)34-37-73-64(13)74(38-35-71-54(3)60(9)89(61(10)55(71)4)68-48-84(78-30-18-24-42-93-78)98-85(49-68)79-31-19-25-43-94-79)66(15)75(65(73)14)39-36-72-56(5)62(11)90(63(12)57(72)6)69-50-86(80-32-20-26-44-95-80)99-87(51-69)81-33-21-27-45-96-81/h16-33,40-51H,1-15H3. The number of nitrogens with zero attached hydrogens (tertiary/aromatic N) is 9. The van der Waals surface area contributed by atoms with Gasteiger partial charge in [-0.05, 0) is 330 Å². The molecule has 0 amide bonds. The van der Waals surface area contributed by atoms with Gasteiger partial charge >= 0.3 is 0 Å². The fourth-order valence-electron chi connectivity index (χ4n) is 13.9. The summed E-state index contributed by atoms with van der Waals surface area (Å²) in [5.41, 5.74) is 38.3. The number of hydrogen-bond acceptors (Lipinski definition) is 9. The summed E-state index contributed by atoms with van der Waals surface area (Å²) >= 11 is 0. The van der Waals surface area contributed by atoms with Crippen LogP contribution < -0.4 is 0 Å². The Morgan fingerprint density at radius 3 is 0.495 bits per heavy atom. The van der Waals surface area contributed by atoms with E-state index in [4.69, 9.17) is 44.9 Å². The molecule has 9 nitrogen and oxygen atoms in total. The first-order valence-electron chi connectivity index (χ1n) is 33.4. The van der Waals surface area contributed by atoms with Crippen LogP contribution in [0.25, 0.3) is 102 Å². The quantitative estimate of drug-likeness (QED) is 0.130. The molecule has 4 aromatic carbocycles. The van der Waals surface area contributed by atoms with Crippen LogP contribution in [0.5, 0.6) is 0 Å². The summed E-state index contributed by atoms with van der Waals surface area (Å²) in [5.74, 6) is 22.8. The van der Waals surface area contributed by atoms with Gasteiger partial charge < -0.3 is 0 Å². The molecular weight excluding hydrogens is 1210 g/mol. The van der Waals surface area contributed by atoms with Crippen molar-refractivity contribution >= 4 is 0 Å². The van der Waals surface area contributed by atoms with Gasteiger partial charge in [0.2, 0.25) is 0 Å². The van der Waals surface area contributed by atoms with Crippen LogP contribution in [0.15, 0.2) is 183 Å². The lowest BCUT2D eigenvalue weighted by atomic mass is 9.84. The van der Waals surface area contributed by atoms with Crippen LogP contribution in [0.3, 0.4) is 0 Å². The minimum atomic E-state index is 0.780. The Balaban J connectivity index is 0.969. The van der Waals surface area contributed by atoms with Crippen molar-refractivity contribution in [3.63, 3.8) is 0 Å². The van der Waals surface area contributed by atoms with Crippen molar-refractivity contribution in [3.05, 3.63) is 300 Å². The van der Waals surface area contributed by atoms with Gasteiger partial charge in [0.05, 0.1) is 68.3 Å². The van der Waals surface area contributed by atoms with Gasteiger partial charge in [0.15, 0.2) is 0 Å². The molecule has 0 aliphatic carbocycles. The van der Waals surface area contributed by atoms with Crippen molar-refractivity contribution < 1.29 is 0 Å². The second-order valence-electron chi connectivity index (χ2n) is 25.7. The zero-order chi connectivity index (χ0) is 69.3. The summed E-state index contributed by atoms with van der Waals surface area (Å²) in [6, 6.07) is 48.5. The van der Waals surface area contributed by atoms with Crippen molar-refractivity contribution in [1.82, 2.24) is 44.9 Å². The third-order valence-electron chi connectivity index (χ3n) is 20.0. The molecule has 0 spiro atoms. The van der Waals surface area contributed by atoms with Gasteiger partial charge in [-0.15, -0.1) is 0 Å². The van der Waals surface area contributed by atoms with E-state index in [-0.39, 0.29) is 0 Å². The molecule has 0 N–H and O–H groups in total. The summed E-state index contributed by atoms with van der Waals surface area (Å²) in [6.07, 6.45) is 10.8. The monoisotopic (exact) mass is 1280 g/mol. The van der Waals surface area contributed by atoms with Crippen molar-refractivity contribution in [2.45, 2.75) is 104 Å². The summed E-state index contributed by atoms with van der Waals surface area (Å²) < 4.78 is 0. The molecule has 0 bridgehead atoms. The maximum Gasteiger partial charge on any atom is 0.0900 e. The van der Waals surface area contributed by atoms with E-state index in [9.17, 15) is 0 Å². The van der Waals surface area contributed by atoms with E-state index in [1.165, 1.54) is 0 Å². The predicted octanol–water partition coefficient (Wildman–Crippen LogP) is 20.1. The largest absolute Gasteiger partial charge is 0.255 e. The van der Waals surface area contributed by atoms with Gasteiger partial charge in [0.1, 0.15) is 0 Å². The van der Waals surface area contributed by atoms with E-state index in [1.807, 2.05) is 146 Å². The fraction of sp³-hybridized carbons (Fsp3) is 0.167. The highest BCUT2D eigenvalue weighted by Gasteiger charge is 2.24. The summed E-state index contributed by atoms with van der Waals surface area (Å²) in [6.45, 7) is 32.9. The lowest BCUT2D eigenvalue weighted by Gasteiger charge is -2.20. The van der Waals surface area contributed by atoms with E-state index in [2.05, 4.69) is 176 Å². The maximum atomic E-state index is 5.11. The molecule has 9 aromatic heterocycles. The lowest BCUT2D eigenvalue weighted by Crippen LogP contribution is -2.04. The van der Waals surface area contributed by atoms with Crippen molar-refractivity contribution in [2.24, 2.45) is 0 Å². The van der Waals surface area contributed by atoms with E-state index in [0.717, 1.165) is 219 Å². The van der Waals surface area contributed by atoms with E-state index >= 15 is 0 Å². The number of rotatable bonds is 9. The molecule has 0 atom stereocenters. The van der Waals surface area contributed by atoms with Gasteiger partial charge in [-0.2, -0.15) is 0 Å². The van der Waals surface area contributed by atoms with E-state index in [1.54, 1.807) is 0 Å². The SMILES string of the molecule is Cc1c(C)c(-c2cc(-c3ccccn3)nc(-c3ccccn3)c2)c(C)c(C)c1C#Cc1c(C)c(C#Cc2c(C)c(C)c(-c3cc(-c4ccccn4)nc(-c4ccccn4)c3)c(C)c2C)c(C)c(C#Cc2c(C)c(C)c(-c3cc(-c4ccccn4)nc(-c4ccccn4)c3)c(C)c2C)c1C. The molecule has 13 rings (SSSR count). The Morgan fingerprint density at radius 2 is 0.343 bits per heavy atom. The third kappa shape index (κ3) is 12.6. The average Bonchev–Trinajstić information content (AvgIpc) is 0.772. The topological polar surface area (TPSA) is 116 Å². The van der Waals surface area contributed by atoms with Gasteiger partial charge in [0, 0.05) is 70.6 Å². The molecule has 0 aliphatic heterocycles. The predicted molar refractivity (Wildman–Crippen MR) is 404 cm³/mol. The first kappa shape index (κ1) is 65.6. The second kappa shape index (κ2) is 27.6. The number of pyridine rings is 9. The van der Waals surface area contributed by atoms with Gasteiger partial charge in [0.25, 0.3) is 0 Å². The minimum absolute atomic E-state index is 0.780. The van der Waals surface area contributed by atoms with Crippen molar-refractivity contribution in [2.75, 3.05) is 0 Å². The van der Waals surface area contributed by atoms with Crippen LogP contribution in [-0.4, -0.2) is 44.9 Å². The van der Waals surface area contributed by atoms with Crippen LogP contribution in [0.4, 0.5) is 0 Å². The zero-order valence-corrected chi connectivity index (χ0v) is 58.8. The maximum absolute atomic E-state index is 5.11. The molecule has 0 radical (unpaired) electrons. The highest BCUT2D eigenvalue weighted by atomic mass is 14.8. The molecule has 9 heteroatoms. The fourth-order valence-corrected chi connectivity index (χ4v) is 13.9. The molecule has 0 unspecified atom stereocenters. The Kier molecular flexibility index (Phi) is 18.3. The molecule has 0 saturated heterocycles. The molecule has 0 aliphatic rings. The van der Waals surface area contributed by atoms with Gasteiger partial charge in [-0.25, -0.2) is 15.0 Å². The number of hydrogen-bond donors (Lipinski definition) is 0. The van der Waals surface area contributed by atoms with Crippen LogP contribution in [0.1, 0.15) is 117 Å². The van der Waals surface area contributed by atoms with Gasteiger partial charge in [-0.3, -0.25) is 29.9 Å². The molecule has 9 heterocycles. The normalized spacial score (nSPS) is 10.9. The molecule has 0 saturated carbocycles. The van der Waals surface area contributed by atoms with Crippen LogP contribution in [0.2, 0.25) is 0 Å². The Labute approximate surface area is 582 Å². The molecular formula is C90H75N9.